The third-order valence-electron chi connectivity index (χ3n) is 19.0. The lowest BCUT2D eigenvalue weighted by molar-refractivity contribution is -0.155. The molecule has 79 heavy (non-hydrogen) atoms. The Morgan fingerprint density at radius 2 is 1.75 bits per heavy atom. The highest BCUT2D eigenvalue weighted by Gasteiger charge is 2.59. The van der Waals surface area contributed by atoms with E-state index < -0.39 is 66.3 Å². The van der Waals surface area contributed by atoms with E-state index in [1.807, 2.05) is 49.3 Å². The summed E-state index contributed by atoms with van der Waals surface area (Å²) in [6, 6.07) is 11.8. The van der Waals surface area contributed by atoms with Gasteiger partial charge in [0.25, 0.3) is 5.91 Å². The second kappa shape index (κ2) is 21.5. The molecule has 1 unspecified atom stereocenters. The number of methoxy groups -OCH3 is 1. The molecule has 6 bridgehead atoms. The van der Waals surface area contributed by atoms with Crippen LogP contribution < -0.4 is 15.6 Å². The van der Waals surface area contributed by atoms with Crippen LogP contribution in [0.15, 0.2) is 54.7 Å². The smallest absolute Gasteiger partial charge is 0.324 e. The van der Waals surface area contributed by atoms with Gasteiger partial charge in [0.1, 0.15) is 18.1 Å². The number of fused-ring (bicyclic) bond motifs is 6. The van der Waals surface area contributed by atoms with Gasteiger partial charge in [0.2, 0.25) is 11.8 Å². The largest absolute Gasteiger partial charge is 0.464 e. The van der Waals surface area contributed by atoms with Crippen LogP contribution in [0.5, 0.6) is 0 Å². The maximum atomic E-state index is 15.5. The molecule has 2 aromatic carbocycles. The lowest BCUT2D eigenvalue weighted by Gasteiger charge is -2.37. The van der Waals surface area contributed by atoms with Crippen LogP contribution in [0.3, 0.4) is 0 Å². The molecule has 8 aliphatic rings. The molecule has 8 heterocycles. The molecule has 6 aliphatic heterocycles. The number of anilines is 1. The van der Waals surface area contributed by atoms with Crippen molar-refractivity contribution in [2.24, 2.45) is 22.7 Å². The molecule has 4 aromatic rings. The first-order chi connectivity index (χ1) is 40.8. The quantitative estimate of drug-likeness (QED) is 0.111. The number of esters is 1. The Labute approximate surface area is 477 Å². The Hall–Kier alpha value is -5.39. The van der Waals surface area contributed by atoms with Crippen molar-refractivity contribution in [1.29, 1.82) is 0 Å². The molecule has 5 saturated heterocycles. The Kier molecular flexibility index (Phi) is 12.6. The van der Waals surface area contributed by atoms with Crippen LogP contribution in [0.2, 0.25) is 0 Å². The van der Waals surface area contributed by atoms with Crippen molar-refractivity contribution in [3.8, 4) is 22.4 Å². The van der Waals surface area contributed by atoms with Crippen LogP contribution in [0, 0.1) is 22.7 Å². The maximum absolute atomic E-state index is 15.5. The molecule has 16 heteroatoms. The number of ether oxygens (including phenoxy) is 2. The summed E-state index contributed by atoms with van der Waals surface area (Å²) in [6.07, 6.45) is 8.50. The summed E-state index contributed by atoms with van der Waals surface area (Å²) >= 11 is 0. The molecule has 8 atom stereocenters. The average molecular weight is 1090 g/mol. The lowest BCUT2D eigenvalue weighted by atomic mass is 9.84. The van der Waals surface area contributed by atoms with Gasteiger partial charge < -0.3 is 29.2 Å². The Morgan fingerprint density at radius 1 is 0.962 bits per heavy atom. The Bertz CT molecular complexity index is 3250. The van der Waals surface area contributed by atoms with Crippen molar-refractivity contribution < 1.29 is 38.2 Å². The van der Waals surface area contributed by atoms with Gasteiger partial charge in [0.05, 0.1) is 43.4 Å². The van der Waals surface area contributed by atoms with Crippen LogP contribution in [0.4, 0.5) is 5.69 Å². The van der Waals surface area contributed by atoms with E-state index in [4.69, 9.17) is 22.7 Å². The van der Waals surface area contributed by atoms with Gasteiger partial charge in [0.15, 0.2) is 0 Å². The predicted octanol–water partition coefficient (Wildman–Crippen LogP) is 7.07. The third kappa shape index (κ3) is 10.7. The first-order valence-electron chi connectivity index (χ1n) is 32.9. The van der Waals surface area contributed by atoms with E-state index in [0.717, 1.165) is 89.3 Å². The molecular weight excluding hydrogens is 993 g/mol. The molecule has 424 valence electrons. The van der Waals surface area contributed by atoms with Crippen LogP contribution in [0.1, 0.15) is 125 Å². The van der Waals surface area contributed by atoms with Gasteiger partial charge in [0, 0.05) is 120 Å². The van der Waals surface area contributed by atoms with Crippen LogP contribution in [-0.2, 0) is 48.0 Å². The van der Waals surface area contributed by atoms with E-state index in [1.165, 1.54) is 22.8 Å². The van der Waals surface area contributed by atoms with E-state index in [-0.39, 0.29) is 56.8 Å². The second-order valence-corrected chi connectivity index (χ2v) is 25.2. The standard InChI is InChI=1S/C63H86N10O6/c1-9-72-52-20-17-44-32-47(52)49(56(72)48-33-46(35-64-53(48)40(4)78-8)69-28-26-68(27-29-69)45-18-19-45)34-62(5,6)38-79-61(77)50-14-11-23-73(66-50)59(75)51(31-41-12-10-13-43(44)30-41)65-58(74)54(39(2)3)70-24-21-63(36-70)22-25-71(37-63)60(76)57-55(67(57)7)42-15-16-42/h10,12-13,17,20,30,32-33,35,39-40,42,45,50-51,54-55,57,66H,9,11,14-16,18-19,21-29,31,34,36-38H2,1-8H3,(H,65,74)/t40-,50-,51-,54-,55+,57+,63-,67?/m0/s1/i2D3,3D3,54D. The van der Waals surface area contributed by atoms with Gasteiger partial charge in [-0.2, -0.15) is 0 Å². The number of carbonyl (C=O) groups is 4. The second-order valence-electron chi connectivity index (χ2n) is 25.2. The lowest BCUT2D eigenvalue weighted by Crippen LogP contribution is -2.62. The van der Waals surface area contributed by atoms with Crippen LogP contribution in [0.25, 0.3) is 33.3 Å². The van der Waals surface area contributed by atoms with Gasteiger partial charge in [-0.15, -0.1) is 0 Å². The number of likely N-dealkylation sites (N-methyl/N-ethyl adjacent to an activating group) is 1. The first kappa shape index (κ1) is 46.2. The highest BCUT2D eigenvalue weighted by molar-refractivity contribution is 5.96. The number of pyridine rings is 1. The van der Waals surface area contributed by atoms with Gasteiger partial charge >= 0.3 is 5.97 Å². The van der Waals surface area contributed by atoms with Gasteiger partial charge in [-0.25, -0.2) is 5.43 Å². The number of cyclic esters (lactones) is 1. The minimum Gasteiger partial charge on any atom is -0.464 e. The summed E-state index contributed by atoms with van der Waals surface area (Å²) in [6.45, 7) is 7.17. The molecule has 7 fully saturated rings. The van der Waals surface area contributed by atoms with Crippen molar-refractivity contribution in [3.63, 3.8) is 0 Å². The number of hydrogen-bond acceptors (Lipinski definition) is 12. The van der Waals surface area contributed by atoms with E-state index in [1.54, 1.807) is 7.11 Å². The van der Waals surface area contributed by atoms with Crippen molar-refractivity contribution in [2.75, 3.05) is 84.6 Å². The molecular formula is C63H86N10O6. The van der Waals surface area contributed by atoms with Gasteiger partial charge in [-0.3, -0.25) is 43.9 Å². The predicted molar refractivity (Wildman–Crippen MR) is 307 cm³/mol. The minimum absolute atomic E-state index is 0.00163. The van der Waals surface area contributed by atoms with Crippen molar-refractivity contribution >= 4 is 40.3 Å². The third-order valence-corrected chi connectivity index (χ3v) is 19.0. The molecule has 2 N–H and O–H groups in total. The molecule has 12 rings (SSSR count). The molecule has 0 radical (unpaired) electrons. The zero-order valence-electron chi connectivity index (χ0n) is 54.2. The van der Waals surface area contributed by atoms with Crippen molar-refractivity contribution in [2.45, 2.75) is 154 Å². The van der Waals surface area contributed by atoms with E-state index in [9.17, 15) is 11.0 Å². The number of nitrogens with zero attached hydrogens (tertiary/aromatic N) is 8. The fraction of sp³-hybridized carbons (Fsp3) is 0.635. The van der Waals surface area contributed by atoms with Crippen molar-refractivity contribution in [3.05, 3.63) is 71.5 Å². The number of hydrazine groups is 1. The summed E-state index contributed by atoms with van der Waals surface area (Å²) in [5.74, 6) is -4.36. The number of benzene rings is 2. The summed E-state index contributed by atoms with van der Waals surface area (Å²) in [5, 5.41) is 5.12. The number of rotatable bonds is 12. The number of likely N-dealkylation sites (tertiary alicyclic amines) is 2. The van der Waals surface area contributed by atoms with Crippen molar-refractivity contribution in [1.82, 2.24) is 44.9 Å². The summed E-state index contributed by atoms with van der Waals surface area (Å²) < 4.78 is 77.0. The zero-order chi connectivity index (χ0) is 61.0. The average Bonchev–Trinajstić information content (AvgIpc) is 1.55. The molecule has 2 aromatic heterocycles. The molecule has 3 amide bonds. The number of aryl methyl sites for hydroxylation is 1. The van der Waals surface area contributed by atoms with Gasteiger partial charge in [-0.05, 0) is 138 Å². The molecule has 16 nitrogen and oxygen atoms in total. The Morgan fingerprint density at radius 3 is 2.49 bits per heavy atom. The monoisotopic (exact) mass is 1090 g/mol. The van der Waals surface area contributed by atoms with Crippen LogP contribution >= 0.6 is 0 Å². The fourth-order valence-electron chi connectivity index (χ4n) is 14.2. The number of amides is 3. The van der Waals surface area contributed by atoms with Gasteiger partial charge in [-0.1, -0.05) is 57.9 Å². The van der Waals surface area contributed by atoms with Crippen LogP contribution in [-0.4, -0.2) is 174 Å². The normalized spacial score (nSPS) is 30.6. The fourth-order valence-corrected chi connectivity index (χ4v) is 14.2. The Balaban J connectivity index is 0.909. The number of aromatic nitrogens is 2. The summed E-state index contributed by atoms with van der Waals surface area (Å²) in [4.78, 5) is 74.7. The SMILES string of the molecule is [2H]C([2H])([2H])C(C([2H])([2H])[2H])[C@@]([2H])(C(=O)N[C@H]1Cc2cccc(c2)-c2ccc3c(c2)c(c(-c2cc(N4CCN(C5CC5)CC4)cnc2[C@H](C)OC)n3CC)CC(C)(C)COC(=O)[C@@H]2CCCN(N2)C1=O)N1CC[C@]2(CCN(C(=O)[C@H]3[C@@H](C4CC4)N3C)C2)C1. The highest BCUT2D eigenvalue weighted by atomic mass is 16.5. The van der Waals surface area contributed by atoms with E-state index in [2.05, 4.69) is 75.0 Å². The molecule has 2 saturated carbocycles. The zero-order valence-corrected chi connectivity index (χ0v) is 47.2. The van der Waals surface area contributed by atoms with E-state index >= 15 is 9.59 Å². The highest BCUT2D eigenvalue weighted by Crippen LogP contribution is 2.49. The number of carbonyl (C=O) groups excluding carboxylic acids is 4. The summed E-state index contributed by atoms with van der Waals surface area (Å²) in [5.41, 5.74) is 10.2. The number of hydrogen-bond donors (Lipinski definition) is 2. The number of piperazine rings is 1. The minimum atomic E-state index is -3.32. The first-order valence-corrected chi connectivity index (χ1v) is 29.4. The molecule has 2 aliphatic carbocycles. The topological polar surface area (TPSA) is 148 Å². The maximum Gasteiger partial charge on any atom is 0.324 e. The molecule has 1 spiro atoms. The van der Waals surface area contributed by atoms with E-state index in [0.29, 0.717) is 69.3 Å². The number of nitrogens with one attached hydrogen (secondary N) is 2. The summed E-state index contributed by atoms with van der Waals surface area (Å²) in [7, 11) is 3.68.